The lowest BCUT2D eigenvalue weighted by Crippen LogP contribution is -2.53. The second kappa shape index (κ2) is 7.38. The molecule has 1 aliphatic rings. The van der Waals surface area contributed by atoms with Crippen molar-refractivity contribution in [2.45, 2.75) is 32.9 Å². The summed E-state index contributed by atoms with van der Waals surface area (Å²) in [5.41, 5.74) is 2.05. The number of ether oxygens (including phenoxy) is 1. The van der Waals surface area contributed by atoms with E-state index in [9.17, 15) is 4.79 Å². The highest BCUT2D eigenvalue weighted by Crippen LogP contribution is 2.23. The Morgan fingerprint density at radius 1 is 1.57 bits per heavy atom. The molecular weight excluding hydrogens is 336 g/mol. The predicted octanol–water partition coefficient (Wildman–Crippen LogP) is 1.22. The van der Waals surface area contributed by atoms with Crippen LogP contribution in [0.4, 0.5) is 0 Å². The van der Waals surface area contributed by atoms with Gasteiger partial charge in [0, 0.05) is 26.7 Å². The summed E-state index contributed by atoms with van der Waals surface area (Å²) in [6, 6.07) is -0.229. The molecule has 1 aliphatic heterocycles. The summed E-state index contributed by atoms with van der Waals surface area (Å²) in [6.07, 6.45) is 0.936. The molecule has 0 aromatic carbocycles. The molecule has 0 spiro atoms. The monoisotopic (exact) mass is 358 g/mol. The zero-order chi connectivity index (χ0) is 15.4. The van der Waals surface area contributed by atoms with Gasteiger partial charge >= 0.3 is 0 Å². The molecule has 7 heteroatoms. The molecule has 1 N–H and O–H groups in total. The Bertz CT molecular complexity index is 503. The number of nitrogens with one attached hydrogen (secondary N) is 1. The van der Waals surface area contributed by atoms with Crippen molar-refractivity contribution in [3.63, 3.8) is 0 Å². The van der Waals surface area contributed by atoms with Gasteiger partial charge in [0.2, 0.25) is 5.91 Å². The van der Waals surface area contributed by atoms with Crippen molar-refractivity contribution in [3.8, 4) is 0 Å². The number of carbonyl (C=O) groups excluding carboxylic acids is 1. The topological polar surface area (TPSA) is 59.4 Å². The number of aryl methyl sites for hydroxylation is 2. The Kier molecular flexibility index (Phi) is 5.78. The molecule has 1 fully saturated rings. The molecule has 21 heavy (non-hydrogen) atoms. The van der Waals surface area contributed by atoms with Crippen molar-refractivity contribution in [2.24, 2.45) is 7.05 Å². The zero-order valence-corrected chi connectivity index (χ0v) is 14.4. The zero-order valence-electron chi connectivity index (χ0n) is 12.9. The van der Waals surface area contributed by atoms with Crippen molar-refractivity contribution in [1.82, 2.24) is 20.0 Å². The van der Waals surface area contributed by atoms with Crippen LogP contribution in [-0.2, 0) is 23.1 Å². The van der Waals surface area contributed by atoms with Crippen LogP contribution in [0.25, 0.3) is 0 Å². The van der Waals surface area contributed by atoms with Crippen LogP contribution in [0, 0.1) is 6.92 Å². The first-order valence-electron chi connectivity index (χ1n) is 7.32. The number of hydrogen-bond acceptors (Lipinski definition) is 4. The van der Waals surface area contributed by atoms with Crippen molar-refractivity contribution in [3.05, 3.63) is 15.9 Å². The summed E-state index contributed by atoms with van der Waals surface area (Å²) >= 11 is 3.58. The van der Waals surface area contributed by atoms with Gasteiger partial charge in [-0.2, -0.15) is 5.10 Å². The van der Waals surface area contributed by atoms with Gasteiger partial charge in [-0.05, 0) is 29.3 Å². The van der Waals surface area contributed by atoms with Crippen LogP contribution in [0.1, 0.15) is 24.7 Å². The molecule has 1 atom stereocenters. The van der Waals surface area contributed by atoms with E-state index in [-0.39, 0.29) is 11.9 Å². The molecule has 0 aliphatic carbocycles. The maximum atomic E-state index is 12.3. The van der Waals surface area contributed by atoms with Gasteiger partial charge in [0.25, 0.3) is 0 Å². The van der Waals surface area contributed by atoms with Crippen molar-refractivity contribution >= 4 is 21.8 Å². The van der Waals surface area contributed by atoms with Crippen LogP contribution in [0.3, 0.4) is 0 Å². The molecule has 0 radical (unpaired) electrons. The Morgan fingerprint density at radius 3 is 2.95 bits per heavy atom. The Labute approximate surface area is 133 Å². The third kappa shape index (κ3) is 3.84. The fraction of sp³-hybridized carbons (Fsp3) is 0.714. The number of nitrogens with zero attached hydrogens (tertiary/aromatic N) is 3. The summed E-state index contributed by atoms with van der Waals surface area (Å²) < 4.78 is 8.37. The highest BCUT2D eigenvalue weighted by atomic mass is 79.9. The fourth-order valence-corrected chi connectivity index (χ4v) is 2.94. The first-order valence-corrected chi connectivity index (χ1v) is 8.11. The molecule has 1 amide bonds. The third-order valence-electron chi connectivity index (χ3n) is 3.71. The molecule has 6 nitrogen and oxygen atoms in total. The lowest BCUT2D eigenvalue weighted by atomic mass is 10.2. The number of rotatable bonds is 5. The second-order valence-electron chi connectivity index (χ2n) is 5.32. The van der Waals surface area contributed by atoms with Gasteiger partial charge in [-0.25, -0.2) is 0 Å². The normalized spacial score (nSPS) is 19.7. The van der Waals surface area contributed by atoms with Gasteiger partial charge in [-0.1, -0.05) is 6.92 Å². The molecule has 2 heterocycles. The van der Waals surface area contributed by atoms with Crippen molar-refractivity contribution in [1.29, 1.82) is 0 Å². The van der Waals surface area contributed by atoms with E-state index in [4.69, 9.17) is 4.74 Å². The lowest BCUT2D eigenvalue weighted by molar-refractivity contribution is -0.133. The Balaban J connectivity index is 2.10. The highest BCUT2D eigenvalue weighted by Gasteiger charge is 2.30. The minimum atomic E-state index is -0.229. The largest absolute Gasteiger partial charge is 0.378 e. The maximum Gasteiger partial charge on any atom is 0.239 e. The molecule has 0 saturated carbocycles. The molecule has 1 unspecified atom stereocenters. The standard InChI is InChI=1S/C14H23BrN4O2/c1-4-5-16-14(20)12-9-21-7-6-19(12)8-11-13(15)10(2)17-18(11)3/h12H,4-9H2,1-3H3,(H,16,20). The Morgan fingerprint density at radius 2 is 2.33 bits per heavy atom. The number of hydrogen-bond donors (Lipinski definition) is 1. The number of aromatic nitrogens is 2. The van der Waals surface area contributed by atoms with E-state index >= 15 is 0 Å². The van der Waals surface area contributed by atoms with Gasteiger partial charge in [0.1, 0.15) is 6.04 Å². The summed E-state index contributed by atoms with van der Waals surface area (Å²) in [5, 5.41) is 7.36. The quantitative estimate of drug-likeness (QED) is 0.859. The number of carbonyl (C=O) groups is 1. The van der Waals surface area contributed by atoms with Gasteiger partial charge in [0.15, 0.2) is 0 Å². The average Bonchev–Trinajstić information content (AvgIpc) is 2.72. The average molecular weight is 359 g/mol. The van der Waals surface area contributed by atoms with Crippen LogP contribution in [0.5, 0.6) is 0 Å². The number of amides is 1. The number of morpholine rings is 1. The molecule has 1 aromatic rings. The highest BCUT2D eigenvalue weighted by molar-refractivity contribution is 9.10. The lowest BCUT2D eigenvalue weighted by Gasteiger charge is -2.34. The molecule has 118 valence electrons. The van der Waals surface area contributed by atoms with Gasteiger partial charge in [-0.3, -0.25) is 14.4 Å². The second-order valence-corrected chi connectivity index (χ2v) is 6.11. The summed E-state index contributed by atoms with van der Waals surface area (Å²) in [7, 11) is 1.93. The first kappa shape index (κ1) is 16.5. The smallest absolute Gasteiger partial charge is 0.239 e. The van der Waals surface area contributed by atoms with E-state index in [1.165, 1.54) is 0 Å². The van der Waals surface area contributed by atoms with E-state index in [1.54, 1.807) is 0 Å². The minimum absolute atomic E-state index is 0.0477. The van der Waals surface area contributed by atoms with E-state index in [1.807, 2.05) is 25.6 Å². The fourth-order valence-electron chi connectivity index (χ4n) is 2.48. The predicted molar refractivity (Wildman–Crippen MR) is 84.0 cm³/mol. The SMILES string of the molecule is CCCNC(=O)C1COCCN1Cc1c(Br)c(C)nn1C. The number of halogens is 1. The van der Waals surface area contributed by atoms with Gasteiger partial charge < -0.3 is 10.1 Å². The van der Waals surface area contributed by atoms with Crippen LogP contribution in [0.2, 0.25) is 0 Å². The van der Waals surface area contributed by atoms with E-state index in [0.717, 1.165) is 28.8 Å². The molecule has 1 saturated heterocycles. The van der Waals surface area contributed by atoms with Crippen molar-refractivity contribution in [2.75, 3.05) is 26.3 Å². The van der Waals surface area contributed by atoms with Crippen LogP contribution >= 0.6 is 15.9 Å². The van der Waals surface area contributed by atoms with Crippen molar-refractivity contribution < 1.29 is 9.53 Å². The molecule has 0 bridgehead atoms. The van der Waals surface area contributed by atoms with E-state index in [0.29, 0.717) is 26.3 Å². The van der Waals surface area contributed by atoms with Gasteiger partial charge in [0.05, 0.1) is 29.1 Å². The first-order chi connectivity index (χ1) is 10.0. The minimum Gasteiger partial charge on any atom is -0.378 e. The van der Waals surface area contributed by atoms with Crippen LogP contribution in [0.15, 0.2) is 4.47 Å². The molecule has 1 aromatic heterocycles. The summed E-state index contributed by atoms with van der Waals surface area (Å²) in [4.78, 5) is 14.4. The Hall–Kier alpha value is -0.920. The third-order valence-corrected chi connectivity index (χ3v) is 4.74. The maximum absolute atomic E-state index is 12.3. The van der Waals surface area contributed by atoms with E-state index < -0.39 is 0 Å². The molecular formula is C14H23BrN4O2. The molecule has 2 rings (SSSR count). The van der Waals surface area contributed by atoms with Gasteiger partial charge in [-0.15, -0.1) is 0 Å². The van der Waals surface area contributed by atoms with Crippen LogP contribution in [-0.4, -0.2) is 52.9 Å². The summed E-state index contributed by atoms with van der Waals surface area (Å²) in [5.74, 6) is 0.0477. The summed E-state index contributed by atoms with van der Waals surface area (Å²) in [6.45, 7) is 7.27. The van der Waals surface area contributed by atoms with E-state index in [2.05, 4.69) is 31.2 Å². The van der Waals surface area contributed by atoms with Crippen LogP contribution < -0.4 is 5.32 Å².